The molecule has 114 valence electrons. The SMILES string of the molecule is CC1(C)OC(C)(C)/C(=C\c2ccccc2C2=CCC=N2)C1=O. The van der Waals surface area contributed by atoms with Gasteiger partial charge in [-0.05, 0) is 39.3 Å². The van der Waals surface area contributed by atoms with Crippen LogP contribution in [0.1, 0.15) is 45.2 Å². The smallest absolute Gasteiger partial charge is 0.192 e. The molecule has 3 heteroatoms. The molecule has 0 aromatic heterocycles. The van der Waals surface area contributed by atoms with E-state index in [1.807, 2.05) is 64.3 Å². The zero-order valence-electron chi connectivity index (χ0n) is 13.5. The van der Waals surface area contributed by atoms with Crippen LogP contribution in [-0.4, -0.2) is 23.2 Å². The molecule has 1 aromatic rings. The van der Waals surface area contributed by atoms with Crippen LogP contribution < -0.4 is 0 Å². The average molecular weight is 295 g/mol. The second kappa shape index (κ2) is 5.03. The number of rotatable bonds is 2. The summed E-state index contributed by atoms with van der Waals surface area (Å²) in [6, 6.07) is 8.03. The third kappa shape index (κ3) is 2.46. The predicted octanol–water partition coefficient (Wildman–Crippen LogP) is 4.04. The Labute approximate surface area is 131 Å². The Bertz CT molecular complexity index is 721. The zero-order valence-corrected chi connectivity index (χ0v) is 13.5. The number of hydrogen-bond acceptors (Lipinski definition) is 3. The summed E-state index contributed by atoms with van der Waals surface area (Å²) in [5.41, 5.74) is 2.39. The van der Waals surface area contributed by atoms with E-state index in [1.54, 1.807) is 0 Å². The Morgan fingerprint density at radius 1 is 1.14 bits per heavy atom. The van der Waals surface area contributed by atoms with Crippen molar-refractivity contribution in [3.8, 4) is 0 Å². The van der Waals surface area contributed by atoms with Crippen molar-refractivity contribution in [3.63, 3.8) is 0 Å². The molecular weight excluding hydrogens is 274 g/mol. The van der Waals surface area contributed by atoms with E-state index >= 15 is 0 Å². The van der Waals surface area contributed by atoms with Gasteiger partial charge >= 0.3 is 0 Å². The average Bonchev–Trinajstić information content (AvgIpc) is 3.01. The van der Waals surface area contributed by atoms with E-state index in [-0.39, 0.29) is 5.78 Å². The molecule has 3 nitrogen and oxygen atoms in total. The Balaban J connectivity index is 2.10. The highest BCUT2D eigenvalue weighted by Gasteiger charge is 2.49. The van der Waals surface area contributed by atoms with Gasteiger partial charge in [0.1, 0.15) is 5.60 Å². The van der Waals surface area contributed by atoms with Gasteiger partial charge in [0.25, 0.3) is 0 Å². The van der Waals surface area contributed by atoms with Crippen molar-refractivity contribution >= 4 is 23.8 Å². The fourth-order valence-corrected chi connectivity index (χ4v) is 3.14. The summed E-state index contributed by atoms with van der Waals surface area (Å²) in [4.78, 5) is 17.1. The first-order valence-electron chi connectivity index (χ1n) is 7.60. The van der Waals surface area contributed by atoms with E-state index in [1.165, 1.54) is 0 Å². The third-order valence-electron chi connectivity index (χ3n) is 4.13. The Kier molecular flexibility index (Phi) is 3.41. The maximum atomic E-state index is 12.6. The van der Waals surface area contributed by atoms with Crippen LogP contribution in [0.5, 0.6) is 0 Å². The first-order chi connectivity index (χ1) is 10.3. The first-order valence-corrected chi connectivity index (χ1v) is 7.60. The summed E-state index contributed by atoms with van der Waals surface area (Å²) in [6.07, 6.45) is 6.82. The standard InChI is InChI=1S/C19H21NO2/c1-18(2)15(17(21)19(3,4)22-18)12-13-8-5-6-9-14(13)16-10-7-11-20-16/h5-6,8-12H,7H2,1-4H3/b15-12-. The molecule has 0 unspecified atom stereocenters. The Morgan fingerprint density at radius 3 is 2.45 bits per heavy atom. The highest BCUT2D eigenvalue weighted by Crippen LogP contribution is 2.40. The molecule has 2 heterocycles. The van der Waals surface area contributed by atoms with Gasteiger partial charge in [0.15, 0.2) is 5.78 Å². The number of nitrogens with zero attached hydrogens (tertiary/aromatic N) is 1. The van der Waals surface area contributed by atoms with Crippen molar-refractivity contribution in [1.29, 1.82) is 0 Å². The number of carbonyl (C=O) groups excluding carboxylic acids is 1. The monoisotopic (exact) mass is 295 g/mol. The normalized spacial score (nSPS) is 24.1. The number of ether oxygens (including phenoxy) is 1. The molecule has 0 radical (unpaired) electrons. The third-order valence-corrected chi connectivity index (χ3v) is 4.13. The largest absolute Gasteiger partial charge is 0.357 e. The van der Waals surface area contributed by atoms with Crippen LogP contribution in [0.3, 0.4) is 0 Å². The highest BCUT2D eigenvalue weighted by atomic mass is 16.5. The Hall–Kier alpha value is -2.00. The van der Waals surface area contributed by atoms with E-state index < -0.39 is 11.2 Å². The maximum Gasteiger partial charge on any atom is 0.192 e. The molecule has 0 atom stereocenters. The van der Waals surface area contributed by atoms with Gasteiger partial charge in [0, 0.05) is 23.8 Å². The van der Waals surface area contributed by atoms with Crippen LogP contribution in [0.15, 0.2) is 40.9 Å². The number of hydrogen-bond donors (Lipinski definition) is 0. The molecule has 1 fully saturated rings. The van der Waals surface area contributed by atoms with Gasteiger partial charge in [0.05, 0.1) is 11.3 Å². The molecule has 2 aliphatic rings. The zero-order chi connectivity index (χ0) is 16.0. The molecule has 0 saturated carbocycles. The van der Waals surface area contributed by atoms with Crippen molar-refractivity contribution < 1.29 is 9.53 Å². The fraction of sp³-hybridized carbons (Fsp3) is 0.368. The van der Waals surface area contributed by atoms with Crippen LogP contribution >= 0.6 is 0 Å². The van der Waals surface area contributed by atoms with Crippen LogP contribution in [0.25, 0.3) is 11.8 Å². The summed E-state index contributed by atoms with van der Waals surface area (Å²) < 4.78 is 5.94. The van der Waals surface area contributed by atoms with E-state index in [0.717, 1.165) is 23.2 Å². The summed E-state index contributed by atoms with van der Waals surface area (Å²) in [7, 11) is 0. The second-order valence-electron chi connectivity index (χ2n) is 6.73. The van der Waals surface area contributed by atoms with Gasteiger partial charge in [0.2, 0.25) is 0 Å². The minimum absolute atomic E-state index is 0.0520. The number of allylic oxidation sites excluding steroid dienone is 1. The molecule has 2 aliphatic heterocycles. The van der Waals surface area contributed by atoms with Crippen molar-refractivity contribution in [2.24, 2.45) is 4.99 Å². The molecule has 22 heavy (non-hydrogen) atoms. The molecule has 0 N–H and O–H groups in total. The summed E-state index contributed by atoms with van der Waals surface area (Å²) in [5.74, 6) is 0.0520. The van der Waals surface area contributed by atoms with Crippen LogP contribution in [0.4, 0.5) is 0 Å². The van der Waals surface area contributed by atoms with Crippen molar-refractivity contribution in [2.75, 3.05) is 0 Å². The molecule has 0 aliphatic carbocycles. The van der Waals surface area contributed by atoms with Crippen LogP contribution in [-0.2, 0) is 9.53 Å². The van der Waals surface area contributed by atoms with Crippen molar-refractivity contribution in [3.05, 3.63) is 47.0 Å². The lowest BCUT2D eigenvalue weighted by Gasteiger charge is -2.22. The quantitative estimate of drug-likeness (QED) is 0.772. The molecule has 0 spiro atoms. The lowest BCUT2D eigenvalue weighted by atomic mass is 9.89. The number of carbonyl (C=O) groups is 1. The summed E-state index contributed by atoms with van der Waals surface area (Å²) in [6.45, 7) is 7.55. The van der Waals surface area contributed by atoms with E-state index in [0.29, 0.717) is 5.57 Å². The van der Waals surface area contributed by atoms with Crippen LogP contribution in [0, 0.1) is 0 Å². The molecule has 1 saturated heterocycles. The van der Waals surface area contributed by atoms with Gasteiger partial charge in [-0.3, -0.25) is 9.79 Å². The van der Waals surface area contributed by atoms with Crippen molar-refractivity contribution in [1.82, 2.24) is 0 Å². The topological polar surface area (TPSA) is 38.7 Å². The van der Waals surface area contributed by atoms with Gasteiger partial charge in [-0.25, -0.2) is 0 Å². The molecular formula is C19H21NO2. The fourth-order valence-electron chi connectivity index (χ4n) is 3.14. The predicted molar refractivity (Wildman–Crippen MR) is 89.8 cm³/mol. The summed E-state index contributed by atoms with van der Waals surface area (Å²) >= 11 is 0. The second-order valence-corrected chi connectivity index (χ2v) is 6.73. The number of ketones is 1. The minimum atomic E-state index is -0.769. The highest BCUT2D eigenvalue weighted by molar-refractivity contribution is 6.08. The molecule has 0 amide bonds. The van der Waals surface area contributed by atoms with E-state index in [4.69, 9.17) is 4.74 Å². The van der Waals surface area contributed by atoms with Crippen LogP contribution in [0.2, 0.25) is 0 Å². The Morgan fingerprint density at radius 2 is 1.86 bits per heavy atom. The minimum Gasteiger partial charge on any atom is -0.357 e. The number of Topliss-reactive ketones (excluding diaryl/α,β-unsaturated/α-hetero) is 1. The molecule has 1 aromatic carbocycles. The lowest BCUT2D eigenvalue weighted by molar-refractivity contribution is -0.132. The number of aliphatic imine (C=N–C) groups is 1. The molecule has 3 rings (SSSR count). The summed E-state index contributed by atoms with van der Waals surface area (Å²) in [5, 5.41) is 0. The van der Waals surface area contributed by atoms with Gasteiger partial charge in [-0.15, -0.1) is 0 Å². The van der Waals surface area contributed by atoms with E-state index in [2.05, 4.69) is 11.1 Å². The van der Waals surface area contributed by atoms with Gasteiger partial charge in [-0.2, -0.15) is 0 Å². The first kappa shape index (κ1) is 14.9. The lowest BCUT2D eigenvalue weighted by Crippen LogP contribution is -2.29. The van der Waals surface area contributed by atoms with Gasteiger partial charge in [-0.1, -0.05) is 30.3 Å². The van der Waals surface area contributed by atoms with Crippen molar-refractivity contribution in [2.45, 2.75) is 45.3 Å². The maximum absolute atomic E-state index is 12.6. The number of benzene rings is 1. The molecule has 0 bridgehead atoms. The van der Waals surface area contributed by atoms with Gasteiger partial charge < -0.3 is 4.74 Å². The van der Waals surface area contributed by atoms with E-state index in [9.17, 15) is 4.79 Å².